The van der Waals surface area contributed by atoms with E-state index in [4.69, 9.17) is 4.42 Å². The first kappa shape index (κ1) is 21.0. The zero-order chi connectivity index (χ0) is 23.1. The second kappa shape index (κ2) is 8.27. The van der Waals surface area contributed by atoms with E-state index in [1.165, 1.54) is 30.1 Å². The van der Waals surface area contributed by atoms with Gasteiger partial charge >= 0.3 is 0 Å². The van der Waals surface area contributed by atoms with Gasteiger partial charge in [-0.15, -0.1) is 0 Å². The number of hydrogen-bond acceptors (Lipinski definition) is 6. The molecule has 0 unspecified atom stereocenters. The number of hydrogen-bond donors (Lipinski definition) is 2. The third kappa shape index (κ3) is 4.28. The van der Waals surface area contributed by atoms with Crippen LogP contribution in [0.15, 0.2) is 41.1 Å². The Kier molecular flexibility index (Phi) is 5.27. The van der Waals surface area contributed by atoms with Crippen LogP contribution >= 0.6 is 0 Å². The van der Waals surface area contributed by atoms with Crippen LogP contribution in [0.25, 0.3) is 11.5 Å². The molecule has 1 aromatic carbocycles. The van der Waals surface area contributed by atoms with E-state index in [-0.39, 0.29) is 35.3 Å². The number of aromatic nitrogens is 2. The van der Waals surface area contributed by atoms with Crippen LogP contribution in [0.1, 0.15) is 51.2 Å². The van der Waals surface area contributed by atoms with Gasteiger partial charge in [0, 0.05) is 43.0 Å². The fraction of sp³-hybridized carbons (Fsp3) is 0.304. The van der Waals surface area contributed by atoms with Crippen molar-refractivity contribution in [3.05, 3.63) is 59.1 Å². The zero-order valence-electron chi connectivity index (χ0n) is 17.8. The molecule has 2 amide bonds. The van der Waals surface area contributed by atoms with Gasteiger partial charge in [0.25, 0.3) is 18.2 Å². The molecule has 0 atom stereocenters. The van der Waals surface area contributed by atoms with Crippen molar-refractivity contribution < 1.29 is 22.8 Å². The number of carbonyl (C=O) groups is 2. The molecule has 0 saturated heterocycles. The van der Waals surface area contributed by atoms with Gasteiger partial charge in [0.05, 0.1) is 5.69 Å². The zero-order valence-corrected chi connectivity index (χ0v) is 17.8. The van der Waals surface area contributed by atoms with Crippen molar-refractivity contribution in [3.63, 3.8) is 0 Å². The number of nitrogens with one attached hydrogen (secondary N) is 2. The molecule has 0 radical (unpaired) electrons. The molecule has 8 nitrogen and oxygen atoms in total. The van der Waals surface area contributed by atoms with Crippen LogP contribution in [-0.4, -0.2) is 40.3 Å². The van der Waals surface area contributed by atoms with Gasteiger partial charge in [-0.3, -0.25) is 9.59 Å². The van der Waals surface area contributed by atoms with Gasteiger partial charge in [0.2, 0.25) is 5.89 Å². The summed E-state index contributed by atoms with van der Waals surface area (Å²) in [5, 5.41) is 5.75. The highest BCUT2D eigenvalue weighted by atomic mass is 19.3. The minimum atomic E-state index is -2.87. The van der Waals surface area contributed by atoms with Gasteiger partial charge in [0.15, 0.2) is 5.69 Å². The van der Waals surface area contributed by atoms with Crippen LogP contribution < -0.4 is 10.6 Å². The number of fused-ring (bicyclic) bond motifs is 1. The minimum absolute atomic E-state index is 0.0526. The van der Waals surface area contributed by atoms with Crippen molar-refractivity contribution in [1.82, 2.24) is 14.9 Å². The summed E-state index contributed by atoms with van der Waals surface area (Å²) in [7, 11) is 1.59. The van der Waals surface area contributed by atoms with Crippen LogP contribution in [0.5, 0.6) is 0 Å². The summed E-state index contributed by atoms with van der Waals surface area (Å²) < 4.78 is 32.7. The number of pyridine rings is 1. The number of benzene rings is 1. The van der Waals surface area contributed by atoms with E-state index in [0.717, 1.165) is 12.6 Å². The number of carbonyl (C=O) groups excluding carboxylic acids is 2. The van der Waals surface area contributed by atoms with E-state index in [1.54, 1.807) is 25.4 Å². The molecule has 3 aromatic rings. The summed E-state index contributed by atoms with van der Waals surface area (Å²) in [6.07, 6.45) is 2.36. The third-order valence-corrected chi connectivity index (χ3v) is 5.76. The topological polar surface area (TPSA) is 100 Å². The Morgan fingerprint density at radius 1 is 1.30 bits per heavy atom. The van der Waals surface area contributed by atoms with E-state index in [2.05, 4.69) is 20.6 Å². The second-order valence-electron chi connectivity index (χ2n) is 8.30. The predicted molar refractivity (Wildman–Crippen MR) is 116 cm³/mol. The molecule has 33 heavy (non-hydrogen) atoms. The lowest BCUT2D eigenvalue weighted by Gasteiger charge is -2.11. The van der Waals surface area contributed by atoms with E-state index in [9.17, 15) is 18.4 Å². The normalized spacial score (nSPS) is 15.2. The summed E-state index contributed by atoms with van der Waals surface area (Å²) in [6.45, 7) is 1.14. The lowest BCUT2D eigenvalue weighted by molar-refractivity contribution is 0.0816. The molecule has 2 aliphatic rings. The summed E-state index contributed by atoms with van der Waals surface area (Å²) in [6, 6.07) is 6.04. The van der Waals surface area contributed by atoms with Gasteiger partial charge in [-0.25, -0.2) is 18.7 Å². The maximum Gasteiger partial charge on any atom is 0.277 e. The van der Waals surface area contributed by atoms with E-state index in [1.807, 2.05) is 0 Å². The van der Waals surface area contributed by atoms with Gasteiger partial charge in [0.1, 0.15) is 12.1 Å². The summed E-state index contributed by atoms with van der Waals surface area (Å²) in [5.74, 6) is 0.568. The van der Waals surface area contributed by atoms with Crippen LogP contribution in [-0.2, 0) is 6.54 Å². The highest BCUT2D eigenvalue weighted by molar-refractivity contribution is 6.04. The van der Waals surface area contributed by atoms with Crippen LogP contribution in [0.2, 0.25) is 0 Å². The minimum Gasteiger partial charge on any atom is -0.444 e. The Balaban J connectivity index is 1.35. The number of anilines is 2. The highest BCUT2D eigenvalue weighted by Gasteiger charge is 2.29. The lowest BCUT2D eigenvalue weighted by Crippen LogP contribution is -2.17. The van der Waals surface area contributed by atoms with Gasteiger partial charge < -0.3 is 20.0 Å². The van der Waals surface area contributed by atoms with E-state index in [0.29, 0.717) is 22.9 Å². The van der Waals surface area contributed by atoms with Crippen molar-refractivity contribution in [2.45, 2.75) is 25.8 Å². The van der Waals surface area contributed by atoms with E-state index < -0.39 is 17.9 Å². The third-order valence-electron chi connectivity index (χ3n) is 5.76. The average molecular weight is 453 g/mol. The predicted octanol–water partition coefficient (Wildman–Crippen LogP) is 4.33. The fourth-order valence-corrected chi connectivity index (χ4v) is 3.74. The number of alkyl halides is 2. The summed E-state index contributed by atoms with van der Waals surface area (Å²) in [4.78, 5) is 34.8. The molecule has 2 N–H and O–H groups in total. The molecular formula is C23H21F2N5O3. The molecule has 170 valence electrons. The maximum absolute atomic E-state index is 13.6. The Bertz CT molecular complexity index is 1240. The van der Waals surface area contributed by atoms with Crippen LogP contribution in [0.3, 0.4) is 0 Å². The maximum atomic E-state index is 13.6. The molecule has 1 aliphatic carbocycles. The summed E-state index contributed by atoms with van der Waals surface area (Å²) >= 11 is 0. The van der Waals surface area contributed by atoms with E-state index >= 15 is 0 Å². The first-order chi connectivity index (χ1) is 15.9. The molecule has 1 fully saturated rings. The van der Waals surface area contributed by atoms with Crippen molar-refractivity contribution in [2.75, 3.05) is 24.2 Å². The molecule has 10 heteroatoms. The van der Waals surface area contributed by atoms with Gasteiger partial charge in [-0.2, -0.15) is 0 Å². The SMILES string of the molecule is CN1Cc2cc(NC(=O)c3coc(-c4ccnc(NCC5CC5)c4)n3)c(C(F)F)cc2C1=O. The molecule has 5 rings (SSSR count). The molecule has 2 aromatic heterocycles. The largest absolute Gasteiger partial charge is 0.444 e. The Hall–Kier alpha value is -3.82. The lowest BCUT2D eigenvalue weighted by atomic mass is 10.0. The smallest absolute Gasteiger partial charge is 0.277 e. The quantitative estimate of drug-likeness (QED) is 0.552. The van der Waals surface area contributed by atoms with Crippen molar-refractivity contribution in [3.8, 4) is 11.5 Å². The Labute approximate surface area is 188 Å². The first-order valence-corrected chi connectivity index (χ1v) is 10.6. The number of amides is 2. The molecular weight excluding hydrogens is 432 g/mol. The van der Waals surface area contributed by atoms with Crippen LogP contribution in [0, 0.1) is 5.92 Å². The molecule has 3 heterocycles. The number of halogens is 2. The molecule has 1 saturated carbocycles. The first-order valence-electron chi connectivity index (χ1n) is 10.6. The van der Waals surface area contributed by atoms with Crippen LogP contribution in [0.4, 0.5) is 20.3 Å². The molecule has 0 spiro atoms. The van der Waals surface area contributed by atoms with Crippen molar-refractivity contribution in [1.29, 1.82) is 0 Å². The van der Waals surface area contributed by atoms with Crippen molar-refractivity contribution >= 4 is 23.3 Å². The molecule has 0 bridgehead atoms. The number of rotatable bonds is 7. The monoisotopic (exact) mass is 453 g/mol. The Morgan fingerprint density at radius 3 is 2.88 bits per heavy atom. The second-order valence-corrected chi connectivity index (χ2v) is 8.30. The summed E-state index contributed by atoms with van der Waals surface area (Å²) in [5.41, 5.74) is 0.897. The van der Waals surface area contributed by atoms with Gasteiger partial charge in [-0.1, -0.05) is 0 Å². The van der Waals surface area contributed by atoms with Gasteiger partial charge in [-0.05, 0) is 48.6 Å². The molecule has 1 aliphatic heterocycles. The fourth-order valence-electron chi connectivity index (χ4n) is 3.74. The average Bonchev–Trinajstić information content (AvgIpc) is 3.42. The number of nitrogens with zero attached hydrogens (tertiary/aromatic N) is 3. The number of oxazole rings is 1. The Morgan fingerprint density at radius 2 is 2.12 bits per heavy atom. The van der Waals surface area contributed by atoms with Crippen molar-refractivity contribution in [2.24, 2.45) is 5.92 Å². The highest BCUT2D eigenvalue weighted by Crippen LogP contribution is 2.34. The standard InChI is InChI=1S/C23H21F2N5O3/c1-30-10-14-6-17(16(20(24)25)8-15(14)23(30)32)28-21(31)18-11-33-22(29-18)13-4-5-26-19(7-13)27-9-12-2-3-12/h4-8,11-12,20H,2-3,9-10H2,1H3,(H,26,27)(H,28,31).